The van der Waals surface area contributed by atoms with Gasteiger partial charge in [0, 0.05) is 24.1 Å². The van der Waals surface area contributed by atoms with Crippen LogP contribution in [0.25, 0.3) is 0 Å². The van der Waals surface area contributed by atoms with Crippen molar-refractivity contribution in [2.75, 3.05) is 19.6 Å². The Balaban J connectivity index is 2.50. The third-order valence-corrected chi connectivity index (χ3v) is 2.65. The number of carbonyl (C=O) groups is 1. The summed E-state index contributed by atoms with van der Waals surface area (Å²) in [5.74, 6) is -0.661. The molecule has 1 aliphatic heterocycles. The number of hydrogen-bond acceptors (Lipinski definition) is 2. The van der Waals surface area contributed by atoms with Crippen LogP contribution in [0.3, 0.4) is 0 Å². The molecule has 0 aliphatic carbocycles. The summed E-state index contributed by atoms with van der Waals surface area (Å²) >= 11 is 3.28. The van der Waals surface area contributed by atoms with E-state index in [1.807, 2.05) is 6.92 Å². The first-order valence-electron chi connectivity index (χ1n) is 4.29. The SMILES string of the molecule is C=C(Br)CN1C[C@@H](C)[C@H](C(=O)O)C1. The van der Waals surface area contributed by atoms with E-state index in [1.165, 1.54) is 0 Å². The lowest BCUT2D eigenvalue weighted by atomic mass is 9.99. The maximum absolute atomic E-state index is 10.8. The lowest BCUT2D eigenvalue weighted by Crippen LogP contribution is -2.24. The molecule has 3 nitrogen and oxygen atoms in total. The standard InChI is InChI=1S/C9H14BrNO2/c1-6-3-11(4-7(2)10)5-8(6)9(12)13/h6,8H,2-5H2,1H3,(H,12,13)/t6-,8-/m1/s1. The Hall–Kier alpha value is -0.350. The molecular formula is C9H14BrNO2. The fourth-order valence-electron chi connectivity index (χ4n) is 1.76. The maximum atomic E-state index is 10.8. The van der Waals surface area contributed by atoms with E-state index in [2.05, 4.69) is 27.4 Å². The van der Waals surface area contributed by atoms with E-state index in [4.69, 9.17) is 5.11 Å². The largest absolute Gasteiger partial charge is 0.481 e. The average Bonchev–Trinajstić information content (AvgIpc) is 2.29. The van der Waals surface area contributed by atoms with Gasteiger partial charge in [0.2, 0.25) is 0 Å². The highest BCUT2D eigenvalue weighted by molar-refractivity contribution is 9.11. The summed E-state index contributed by atoms with van der Waals surface area (Å²) in [7, 11) is 0. The Bertz CT molecular complexity index is 230. The molecule has 0 radical (unpaired) electrons. The van der Waals surface area contributed by atoms with Crippen LogP contribution in [-0.2, 0) is 4.79 Å². The van der Waals surface area contributed by atoms with E-state index in [0.717, 1.165) is 17.6 Å². The molecule has 74 valence electrons. The summed E-state index contributed by atoms with van der Waals surface area (Å²) in [6.45, 7) is 7.96. The van der Waals surface area contributed by atoms with Gasteiger partial charge >= 0.3 is 5.97 Å². The van der Waals surface area contributed by atoms with Gasteiger partial charge in [-0.3, -0.25) is 9.69 Å². The van der Waals surface area contributed by atoms with E-state index in [1.54, 1.807) is 0 Å². The fraction of sp³-hybridized carbons (Fsp3) is 0.667. The van der Waals surface area contributed by atoms with Crippen molar-refractivity contribution in [3.8, 4) is 0 Å². The van der Waals surface area contributed by atoms with Gasteiger partial charge in [-0.05, 0) is 5.92 Å². The third-order valence-electron chi connectivity index (χ3n) is 2.40. The van der Waals surface area contributed by atoms with Crippen molar-refractivity contribution < 1.29 is 9.90 Å². The fourth-order valence-corrected chi connectivity index (χ4v) is 2.12. The lowest BCUT2D eigenvalue weighted by Gasteiger charge is -2.13. The summed E-state index contributed by atoms with van der Waals surface area (Å²) in [5.41, 5.74) is 0. The monoisotopic (exact) mass is 247 g/mol. The predicted molar refractivity (Wildman–Crippen MR) is 54.8 cm³/mol. The van der Waals surface area contributed by atoms with E-state index >= 15 is 0 Å². The Labute approximate surface area is 86.5 Å². The van der Waals surface area contributed by atoms with E-state index in [9.17, 15) is 4.79 Å². The quantitative estimate of drug-likeness (QED) is 0.823. The summed E-state index contributed by atoms with van der Waals surface area (Å²) in [6, 6.07) is 0. The van der Waals surface area contributed by atoms with E-state index in [-0.39, 0.29) is 11.8 Å². The minimum absolute atomic E-state index is 0.216. The molecule has 0 aromatic heterocycles. The molecule has 0 bridgehead atoms. The zero-order valence-corrected chi connectivity index (χ0v) is 9.25. The zero-order chi connectivity index (χ0) is 10.0. The van der Waals surface area contributed by atoms with Crippen molar-refractivity contribution in [1.82, 2.24) is 4.90 Å². The lowest BCUT2D eigenvalue weighted by molar-refractivity contribution is -0.142. The maximum Gasteiger partial charge on any atom is 0.308 e. The first-order valence-corrected chi connectivity index (χ1v) is 5.08. The molecule has 0 saturated carbocycles. The van der Waals surface area contributed by atoms with E-state index < -0.39 is 5.97 Å². The van der Waals surface area contributed by atoms with Gasteiger partial charge < -0.3 is 5.11 Å². The molecule has 0 amide bonds. The van der Waals surface area contributed by atoms with Gasteiger partial charge in [0.25, 0.3) is 0 Å². The van der Waals surface area contributed by atoms with Crippen molar-refractivity contribution in [3.63, 3.8) is 0 Å². The van der Waals surface area contributed by atoms with Gasteiger partial charge in [0.15, 0.2) is 0 Å². The van der Waals surface area contributed by atoms with Crippen LogP contribution < -0.4 is 0 Å². The van der Waals surface area contributed by atoms with Crippen LogP contribution in [0.5, 0.6) is 0 Å². The summed E-state index contributed by atoms with van der Waals surface area (Å²) in [5, 5.41) is 8.87. The number of carboxylic acid groups (broad SMARTS) is 1. The predicted octanol–water partition coefficient (Wildman–Crippen LogP) is 1.55. The van der Waals surface area contributed by atoms with Crippen molar-refractivity contribution in [1.29, 1.82) is 0 Å². The summed E-state index contributed by atoms with van der Waals surface area (Å²) in [6.07, 6.45) is 0. The van der Waals surface area contributed by atoms with Crippen LogP contribution in [-0.4, -0.2) is 35.6 Å². The van der Waals surface area contributed by atoms with Crippen molar-refractivity contribution in [2.24, 2.45) is 11.8 Å². The molecule has 1 N–H and O–H groups in total. The van der Waals surface area contributed by atoms with Crippen LogP contribution in [0.1, 0.15) is 6.92 Å². The molecule has 0 aromatic rings. The smallest absolute Gasteiger partial charge is 0.308 e. The second-order valence-electron chi connectivity index (χ2n) is 3.63. The number of aliphatic carboxylic acids is 1. The van der Waals surface area contributed by atoms with Gasteiger partial charge in [-0.1, -0.05) is 29.4 Å². The Morgan fingerprint density at radius 3 is 2.69 bits per heavy atom. The number of rotatable bonds is 3. The number of hydrogen-bond donors (Lipinski definition) is 1. The van der Waals surface area contributed by atoms with Crippen LogP contribution in [0.15, 0.2) is 11.1 Å². The first kappa shape index (κ1) is 10.7. The summed E-state index contributed by atoms with van der Waals surface area (Å²) < 4.78 is 0.908. The minimum atomic E-state index is -0.685. The Kier molecular flexibility index (Phi) is 3.50. The second-order valence-corrected chi connectivity index (χ2v) is 4.75. The van der Waals surface area contributed by atoms with Gasteiger partial charge in [-0.2, -0.15) is 0 Å². The highest BCUT2D eigenvalue weighted by atomic mass is 79.9. The minimum Gasteiger partial charge on any atom is -0.481 e. The highest BCUT2D eigenvalue weighted by Gasteiger charge is 2.34. The van der Waals surface area contributed by atoms with Crippen molar-refractivity contribution >= 4 is 21.9 Å². The van der Waals surface area contributed by atoms with E-state index in [0.29, 0.717) is 6.54 Å². The van der Waals surface area contributed by atoms with Crippen molar-refractivity contribution in [3.05, 3.63) is 11.1 Å². The van der Waals surface area contributed by atoms with Crippen LogP contribution in [0, 0.1) is 11.8 Å². The molecule has 0 unspecified atom stereocenters. The molecule has 1 fully saturated rings. The molecule has 2 atom stereocenters. The molecule has 1 heterocycles. The summed E-state index contributed by atoms with van der Waals surface area (Å²) in [4.78, 5) is 12.9. The van der Waals surface area contributed by atoms with Gasteiger partial charge in [-0.15, -0.1) is 0 Å². The average molecular weight is 248 g/mol. The molecule has 4 heteroatoms. The Morgan fingerprint density at radius 1 is 1.69 bits per heavy atom. The molecule has 0 spiro atoms. The number of likely N-dealkylation sites (tertiary alicyclic amines) is 1. The van der Waals surface area contributed by atoms with Gasteiger partial charge in [0.1, 0.15) is 0 Å². The molecule has 1 saturated heterocycles. The van der Waals surface area contributed by atoms with Gasteiger partial charge in [0.05, 0.1) is 5.92 Å². The van der Waals surface area contributed by atoms with Gasteiger partial charge in [-0.25, -0.2) is 0 Å². The molecule has 13 heavy (non-hydrogen) atoms. The number of carboxylic acids is 1. The normalized spacial score (nSPS) is 29.1. The number of halogens is 1. The topological polar surface area (TPSA) is 40.5 Å². The Morgan fingerprint density at radius 2 is 2.31 bits per heavy atom. The van der Waals surface area contributed by atoms with Crippen molar-refractivity contribution in [2.45, 2.75) is 6.92 Å². The molecular weight excluding hydrogens is 234 g/mol. The number of nitrogens with zero attached hydrogens (tertiary/aromatic N) is 1. The van der Waals surface area contributed by atoms with Crippen LogP contribution in [0.4, 0.5) is 0 Å². The second kappa shape index (κ2) is 4.24. The third kappa shape index (κ3) is 2.81. The van der Waals surface area contributed by atoms with Crippen LogP contribution in [0.2, 0.25) is 0 Å². The molecule has 1 aliphatic rings. The molecule has 1 rings (SSSR count). The molecule has 0 aromatic carbocycles. The first-order chi connectivity index (χ1) is 6.00. The van der Waals surface area contributed by atoms with Crippen LogP contribution >= 0.6 is 15.9 Å². The highest BCUT2D eigenvalue weighted by Crippen LogP contribution is 2.24. The zero-order valence-electron chi connectivity index (χ0n) is 7.66.